The molecule has 9 heteroatoms. The quantitative estimate of drug-likeness (QED) is 0.574. The number of carbonyl (C=O) groups excluding carboxylic acids is 1. The molecule has 28 heavy (non-hydrogen) atoms. The number of benzene rings is 1. The maximum absolute atomic E-state index is 14.4. The van der Waals surface area contributed by atoms with Crippen LogP contribution in [-0.4, -0.2) is 31.1 Å². The van der Waals surface area contributed by atoms with Gasteiger partial charge in [-0.1, -0.05) is 26.8 Å². The molecule has 0 radical (unpaired) electrons. The van der Waals surface area contributed by atoms with Gasteiger partial charge in [0.05, 0.1) is 22.3 Å². The van der Waals surface area contributed by atoms with E-state index in [1.165, 1.54) is 10.9 Å². The zero-order valence-electron chi connectivity index (χ0n) is 15.7. The van der Waals surface area contributed by atoms with Gasteiger partial charge in [-0.25, -0.2) is 9.07 Å². The molecule has 3 rings (SSSR count). The normalized spacial score (nSPS) is 12.5. The van der Waals surface area contributed by atoms with Crippen LogP contribution < -0.4 is 0 Å². The molecule has 0 amide bonds. The van der Waals surface area contributed by atoms with Crippen LogP contribution in [0.1, 0.15) is 32.0 Å². The number of carbonyl (C=O) groups is 1. The van der Waals surface area contributed by atoms with Crippen molar-refractivity contribution in [2.45, 2.75) is 33.9 Å². The highest BCUT2D eigenvalue weighted by molar-refractivity contribution is 9.10. The summed E-state index contributed by atoms with van der Waals surface area (Å²) < 4.78 is 21.4. The minimum Gasteiger partial charge on any atom is -0.504 e. The van der Waals surface area contributed by atoms with Crippen molar-refractivity contribution < 1.29 is 19.0 Å². The van der Waals surface area contributed by atoms with E-state index in [4.69, 9.17) is 4.74 Å². The van der Waals surface area contributed by atoms with E-state index in [9.17, 15) is 14.3 Å². The number of phenolic OH excluding ortho intramolecular Hbond substituents is 1. The first-order valence-corrected chi connectivity index (χ1v) is 9.58. The molecule has 0 saturated carbocycles. The summed E-state index contributed by atoms with van der Waals surface area (Å²) in [4.78, 5) is 12.1. The summed E-state index contributed by atoms with van der Waals surface area (Å²) in [6.45, 7) is 5.59. The number of ether oxygens (including phenoxy) is 1. The van der Waals surface area contributed by atoms with E-state index in [1.54, 1.807) is 18.2 Å². The number of aromatic nitrogens is 4. The summed E-state index contributed by atoms with van der Waals surface area (Å²) >= 11 is 3.09. The summed E-state index contributed by atoms with van der Waals surface area (Å²) in [6, 6.07) is 4.86. The molecule has 1 aromatic carbocycles. The van der Waals surface area contributed by atoms with Crippen LogP contribution >= 0.6 is 15.9 Å². The number of phenols is 1. The Morgan fingerprint density at radius 3 is 2.79 bits per heavy atom. The first-order valence-electron chi connectivity index (χ1n) is 8.79. The van der Waals surface area contributed by atoms with Crippen LogP contribution in [0.4, 0.5) is 4.39 Å². The Bertz CT molecular complexity index is 1020. The van der Waals surface area contributed by atoms with Crippen molar-refractivity contribution in [3.05, 3.63) is 45.9 Å². The van der Waals surface area contributed by atoms with Crippen LogP contribution in [0.25, 0.3) is 11.0 Å². The molecule has 0 aliphatic carbocycles. The molecule has 1 atom stereocenters. The van der Waals surface area contributed by atoms with Gasteiger partial charge in [0.25, 0.3) is 0 Å². The molecule has 0 unspecified atom stereocenters. The number of rotatable bonds is 6. The monoisotopic (exact) mass is 450 g/mol. The molecule has 0 aliphatic rings. The van der Waals surface area contributed by atoms with Crippen LogP contribution in [0.15, 0.2) is 28.9 Å². The molecule has 0 aliphatic heterocycles. The Kier molecular flexibility index (Phi) is 5.93. The van der Waals surface area contributed by atoms with Gasteiger partial charge in [-0.2, -0.15) is 10.2 Å². The van der Waals surface area contributed by atoms with Crippen molar-refractivity contribution in [3.8, 4) is 5.75 Å². The third kappa shape index (κ3) is 3.99. The number of hydrogen-bond donors (Lipinski definition) is 1. The number of fused-ring (bicyclic) bond motifs is 1. The van der Waals surface area contributed by atoms with Crippen molar-refractivity contribution in [2.75, 3.05) is 0 Å². The Morgan fingerprint density at radius 1 is 1.32 bits per heavy atom. The van der Waals surface area contributed by atoms with Crippen molar-refractivity contribution in [1.82, 2.24) is 20.0 Å². The smallest absolute Gasteiger partial charge is 0.310 e. The molecule has 2 aromatic heterocycles. The zero-order valence-corrected chi connectivity index (χ0v) is 17.3. The van der Waals surface area contributed by atoms with E-state index in [1.807, 2.05) is 20.8 Å². The Hall–Kier alpha value is -2.55. The highest BCUT2D eigenvalue weighted by Gasteiger charge is 2.20. The maximum atomic E-state index is 14.4. The van der Waals surface area contributed by atoms with Crippen LogP contribution in [0.3, 0.4) is 0 Å². The van der Waals surface area contributed by atoms with Gasteiger partial charge in [-0.15, -0.1) is 5.10 Å². The lowest BCUT2D eigenvalue weighted by Crippen LogP contribution is -2.21. The predicted molar refractivity (Wildman–Crippen MR) is 104 cm³/mol. The summed E-state index contributed by atoms with van der Waals surface area (Å²) in [7, 11) is 0. The lowest BCUT2D eigenvalue weighted by Gasteiger charge is -2.14. The van der Waals surface area contributed by atoms with Crippen LogP contribution in [0.2, 0.25) is 0 Å². The SMILES string of the molecule is CC(C)[C@H](C)C(=O)OCn1nc(Cc2ccc(Br)c(O)c2F)c2ccnnc21. The Labute approximate surface area is 169 Å². The van der Waals surface area contributed by atoms with Gasteiger partial charge >= 0.3 is 5.97 Å². The molecule has 1 N–H and O–H groups in total. The maximum Gasteiger partial charge on any atom is 0.310 e. The van der Waals surface area contributed by atoms with Crippen molar-refractivity contribution in [3.63, 3.8) is 0 Å². The number of hydrogen-bond acceptors (Lipinski definition) is 6. The van der Waals surface area contributed by atoms with E-state index >= 15 is 0 Å². The van der Waals surface area contributed by atoms with E-state index in [-0.39, 0.29) is 41.0 Å². The molecule has 2 heterocycles. The minimum atomic E-state index is -0.712. The fourth-order valence-electron chi connectivity index (χ4n) is 2.64. The number of nitrogens with zero attached hydrogens (tertiary/aromatic N) is 4. The standard InChI is InChI=1S/C19H20BrFN4O3/c1-10(2)11(3)19(27)28-9-25-18-13(6-7-22-23-18)15(24-25)8-12-4-5-14(20)17(26)16(12)21/h4-7,10-11,26H,8-9H2,1-3H3/t11-/m0/s1. The van der Waals surface area contributed by atoms with Gasteiger partial charge in [0.15, 0.2) is 23.9 Å². The summed E-state index contributed by atoms with van der Waals surface area (Å²) in [5.41, 5.74) is 1.26. The van der Waals surface area contributed by atoms with E-state index in [0.717, 1.165) is 0 Å². The fourth-order valence-corrected chi connectivity index (χ4v) is 2.94. The van der Waals surface area contributed by atoms with Gasteiger partial charge in [0.2, 0.25) is 0 Å². The van der Waals surface area contributed by atoms with Crippen molar-refractivity contribution >= 4 is 32.9 Å². The Balaban J connectivity index is 1.89. The first kappa shape index (κ1) is 20.2. The molecular weight excluding hydrogens is 431 g/mol. The van der Waals surface area contributed by atoms with Gasteiger partial charge in [0.1, 0.15) is 0 Å². The number of halogens is 2. The molecular formula is C19H20BrFN4O3. The van der Waals surface area contributed by atoms with Crippen LogP contribution in [-0.2, 0) is 22.7 Å². The minimum absolute atomic E-state index is 0.112. The van der Waals surface area contributed by atoms with Gasteiger partial charge in [-0.05, 0) is 39.5 Å². The molecule has 0 bridgehead atoms. The van der Waals surface area contributed by atoms with E-state index in [2.05, 4.69) is 31.2 Å². The molecule has 0 spiro atoms. The van der Waals surface area contributed by atoms with E-state index < -0.39 is 11.6 Å². The zero-order chi connectivity index (χ0) is 20.4. The third-order valence-electron chi connectivity index (χ3n) is 4.70. The Morgan fingerprint density at radius 2 is 2.07 bits per heavy atom. The molecule has 3 aromatic rings. The largest absolute Gasteiger partial charge is 0.504 e. The molecule has 7 nitrogen and oxygen atoms in total. The topological polar surface area (TPSA) is 90.1 Å². The fraction of sp³-hybridized carbons (Fsp3) is 0.368. The lowest BCUT2D eigenvalue weighted by molar-refractivity contribution is -0.153. The first-order chi connectivity index (χ1) is 13.3. The second-order valence-electron chi connectivity index (χ2n) is 6.89. The summed E-state index contributed by atoms with van der Waals surface area (Å²) in [5.74, 6) is -1.57. The van der Waals surface area contributed by atoms with Gasteiger partial charge < -0.3 is 9.84 Å². The average molecular weight is 451 g/mol. The molecule has 0 fully saturated rings. The second kappa shape index (κ2) is 8.22. The highest BCUT2D eigenvalue weighted by atomic mass is 79.9. The van der Waals surface area contributed by atoms with Gasteiger partial charge in [0, 0.05) is 11.8 Å². The van der Waals surface area contributed by atoms with Crippen LogP contribution in [0, 0.1) is 17.7 Å². The highest BCUT2D eigenvalue weighted by Crippen LogP contribution is 2.30. The second-order valence-corrected chi connectivity index (χ2v) is 7.74. The molecule has 148 valence electrons. The average Bonchev–Trinajstić information content (AvgIpc) is 3.03. The predicted octanol–water partition coefficient (Wildman–Crippen LogP) is 3.82. The lowest BCUT2D eigenvalue weighted by atomic mass is 9.99. The number of aromatic hydroxyl groups is 1. The van der Waals surface area contributed by atoms with Crippen molar-refractivity contribution in [1.29, 1.82) is 0 Å². The summed E-state index contributed by atoms with van der Waals surface area (Å²) in [5, 5.41) is 22.8. The molecule has 0 saturated heterocycles. The summed E-state index contributed by atoms with van der Waals surface area (Å²) in [6.07, 6.45) is 1.65. The third-order valence-corrected chi connectivity index (χ3v) is 5.34. The van der Waals surface area contributed by atoms with Gasteiger partial charge in [-0.3, -0.25) is 4.79 Å². The van der Waals surface area contributed by atoms with Crippen molar-refractivity contribution in [2.24, 2.45) is 11.8 Å². The van der Waals surface area contributed by atoms with E-state index in [0.29, 0.717) is 16.7 Å². The number of esters is 1. The van der Waals surface area contributed by atoms with Crippen LogP contribution in [0.5, 0.6) is 5.75 Å².